The van der Waals surface area contributed by atoms with Gasteiger partial charge in [-0.05, 0) is 54.8 Å². The van der Waals surface area contributed by atoms with Crippen molar-refractivity contribution in [3.05, 3.63) is 65.7 Å². The van der Waals surface area contributed by atoms with Crippen molar-refractivity contribution >= 4 is 23.6 Å². The van der Waals surface area contributed by atoms with E-state index in [1.807, 2.05) is 24.3 Å². The van der Waals surface area contributed by atoms with Crippen LogP contribution in [0.25, 0.3) is 6.08 Å². The molecule has 6 heteroatoms. The van der Waals surface area contributed by atoms with Crippen LogP contribution in [0.5, 0.6) is 5.75 Å². The Hall–Kier alpha value is -3.12. The van der Waals surface area contributed by atoms with E-state index in [0.29, 0.717) is 17.8 Å². The van der Waals surface area contributed by atoms with Crippen molar-refractivity contribution in [3.63, 3.8) is 0 Å². The molecule has 6 nitrogen and oxygen atoms in total. The Balaban J connectivity index is 1.54. The van der Waals surface area contributed by atoms with Crippen LogP contribution < -0.4 is 15.4 Å². The molecule has 0 bridgehead atoms. The van der Waals surface area contributed by atoms with Gasteiger partial charge in [0, 0.05) is 30.5 Å². The Kier molecular flexibility index (Phi) is 6.81. The number of hydrogen-bond acceptors (Lipinski definition) is 4. The van der Waals surface area contributed by atoms with Crippen LogP contribution in [0.4, 0.5) is 5.69 Å². The molecule has 3 rings (SSSR count). The predicted octanol–water partition coefficient (Wildman–Crippen LogP) is 3.26. The molecule has 1 fully saturated rings. The van der Waals surface area contributed by atoms with Crippen molar-refractivity contribution in [1.82, 2.24) is 5.32 Å². The molecule has 0 saturated carbocycles. The van der Waals surface area contributed by atoms with Gasteiger partial charge in [0.2, 0.25) is 5.91 Å². The number of ether oxygens (including phenoxy) is 2. The van der Waals surface area contributed by atoms with Gasteiger partial charge in [-0.3, -0.25) is 9.59 Å². The fourth-order valence-electron chi connectivity index (χ4n) is 2.92. The van der Waals surface area contributed by atoms with Gasteiger partial charge in [0.1, 0.15) is 5.75 Å². The van der Waals surface area contributed by atoms with Gasteiger partial charge in [0.15, 0.2) is 0 Å². The summed E-state index contributed by atoms with van der Waals surface area (Å²) in [6, 6.07) is 14.2. The Morgan fingerprint density at radius 3 is 2.75 bits per heavy atom. The summed E-state index contributed by atoms with van der Waals surface area (Å²) in [6.45, 7) is 1.26. The summed E-state index contributed by atoms with van der Waals surface area (Å²) in [5.74, 6) is 0.310. The summed E-state index contributed by atoms with van der Waals surface area (Å²) in [7, 11) is 1.61. The molecule has 1 saturated heterocycles. The fourth-order valence-corrected chi connectivity index (χ4v) is 2.92. The second kappa shape index (κ2) is 9.71. The summed E-state index contributed by atoms with van der Waals surface area (Å²) in [5.41, 5.74) is 1.95. The van der Waals surface area contributed by atoms with E-state index in [9.17, 15) is 9.59 Å². The van der Waals surface area contributed by atoms with Crippen LogP contribution in [0.2, 0.25) is 0 Å². The van der Waals surface area contributed by atoms with E-state index >= 15 is 0 Å². The molecular formula is C22H24N2O4. The Morgan fingerprint density at radius 1 is 1.21 bits per heavy atom. The van der Waals surface area contributed by atoms with Gasteiger partial charge in [0.25, 0.3) is 5.91 Å². The number of hydrogen-bond donors (Lipinski definition) is 2. The number of carbonyl (C=O) groups is 2. The number of nitrogens with one attached hydrogen (secondary N) is 2. The number of carbonyl (C=O) groups excluding carboxylic acids is 2. The van der Waals surface area contributed by atoms with Crippen LogP contribution >= 0.6 is 0 Å². The molecule has 0 spiro atoms. The topological polar surface area (TPSA) is 76.7 Å². The third kappa shape index (κ3) is 5.69. The molecule has 1 heterocycles. The first kappa shape index (κ1) is 19.6. The van der Waals surface area contributed by atoms with Gasteiger partial charge in [0.05, 0.1) is 13.2 Å². The monoisotopic (exact) mass is 380 g/mol. The summed E-state index contributed by atoms with van der Waals surface area (Å²) in [5, 5.41) is 5.65. The fraction of sp³-hybridized carbons (Fsp3) is 0.273. The minimum atomic E-state index is -0.271. The maximum Gasteiger partial charge on any atom is 0.251 e. The lowest BCUT2D eigenvalue weighted by atomic mass is 10.1. The maximum atomic E-state index is 12.3. The van der Waals surface area contributed by atoms with Crippen LogP contribution in [0.1, 0.15) is 28.8 Å². The summed E-state index contributed by atoms with van der Waals surface area (Å²) in [4.78, 5) is 24.4. The van der Waals surface area contributed by atoms with Crippen LogP contribution in [0.15, 0.2) is 54.6 Å². The number of anilines is 1. The standard InChI is InChI=1S/C22H24N2O4/c1-27-19-10-7-16(8-11-19)9-12-21(25)24-18-5-2-4-17(14-18)22(26)23-15-20-6-3-13-28-20/h2,4-5,7-12,14,20H,3,6,13,15H2,1H3,(H,23,26)(H,24,25)/b12-9+. The summed E-state index contributed by atoms with van der Waals surface area (Å²) < 4.78 is 10.6. The molecule has 1 atom stereocenters. The largest absolute Gasteiger partial charge is 0.497 e. The average Bonchev–Trinajstić information content (AvgIpc) is 3.25. The van der Waals surface area contributed by atoms with E-state index < -0.39 is 0 Å². The van der Waals surface area contributed by atoms with Crippen LogP contribution in [0.3, 0.4) is 0 Å². The van der Waals surface area contributed by atoms with Crippen molar-refractivity contribution in [2.45, 2.75) is 18.9 Å². The third-order valence-corrected chi connectivity index (χ3v) is 4.45. The van der Waals surface area contributed by atoms with Gasteiger partial charge in [-0.1, -0.05) is 18.2 Å². The lowest BCUT2D eigenvalue weighted by molar-refractivity contribution is -0.111. The minimum absolute atomic E-state index is 0.0925. The molecule has 2 N–H and O–H groups in total. The molecule has 0 aliphatic carbocycles. The SMILES string of the molecule is COc1ccc(/C=C/C(=O)Nc2cccc(C(=O)NCC3CCCO3)c2)cc1. The first-order valence-corrected chi connectivity index (χ1v) is 9.27. The Labute approximate surface area is 164 Å². The maximum absolute atomic E-state index is 12.3. The van der Waals surface area contributed by atoms with Crippen molar-refractivity contribution in [2.75, 3.05) is 25.6 Å². The third-order valence-electron chi connectivity index (χ3n) is 4.45. The lowest BCUT2D eigenvalue weighted by Gasteiger charge is -2.11. The van der Waals surface area contributed by atoms with Crippen molar-refractivity contribution in [3.8, 4) is 5.75 Å². The molecule has 0 radical (unpaired) electrons. The predicted molar refractivity (Wildman–Crippen MR) is 108 cm³/mol. The van der Waals surface area contributed by atoms with E-state index in [1.165, 1.54) is 6.08 Å². The smallest absolute Gasteiger partial charge is 0.251 e. The molecule has 2 aromatic carbocycles. The highest BCUT2D eigenvalue weighted by atomic mass is 16.5. The van der Waals surface area contributed by atoms with Crippen molar-refractivity contribution < 1.29 is 19.1 Å². The highest BCUT2D eigenvalue weighted by Crippen LogP contribution is 2.14. The zero-order valence-electron chi connectivity index (χ0n) is 15.8. The second-order valence-electron chi connectivity index (χ2n) is 6.52. The van der Waals surface area contributed by atoms with E-state index in [-0.39, 0.29) is 17.9 Å². The highest BCUT2D eigenvalue weighted by Gasteiger charge is 2.16. The quantitative estimate of drug-likeness (QED) is 0.723. The molecule has 1 aliphatic heterocycles. The molecule has 28 heavy (non-hydrogen) atoms. The number of benzene rings is 2. The molecule has 1 unspecified atom stereocenters. The van der Waals surface area contributed by atoms with Crippen molar-refractivity contribution in [2.24, 2.45) is 0 Å². The molecule has 2 amide bonds. The first-order valence-electron chi connectivity index (χ1n) is 9.27. The molecule has 2 aromatic rings. The van der Waals surface area contributed by atoms with E-state index in [2.05, 4.69) is 10.6 Å². The van der Waals surface area contributed by atoms with E-state index in [1.54, 1.807) is 37.5 Å². The highest BCUT2D eigenvalue weighted by molar-refractivity contribution is 6.03. The molecule has 0 aromatic heterocycles. The van der Waals surface area contributed by atoms with Crippen LogP contribution in [-0.4, -0.2) is 38.2 Å². The summed E-state index contributed by atoms with van der Waals surface area (Å²) >= 11 is 0. The number of amides is 2. The molecule has 1 aliphatic rings. The lowest BCUT2D eigenvalue weighted by Crippen LogP contribution is -2.31. The minimum Gasteiger partial charge on any atom is -0.497 e. The van der Waals surface area contributed by atoms with Gasteiger partial charge >= 0.3 is 0 Å². The zero-order chi connectivity index (χ0) is 19.8. The van der Waals surface area contributed by atoms with Crippen molar-refractivity contribution in [1.29, 1.82) is 0 Å². The van der Waals surface area contributed by atoms with Gasteiger partial charge in [-0.15, -0.1) is 0 Å². The van der Waals surface area contributed by atoms with Crippen LogP contribution in [-0.2, 0) is 9.53 Å². The Bertz CT molecular complexity index is 840. The van der Waals surface area contributed by atoms with Gasteiger partial charge < -0.3 is 20.1 Å². The average molecular weight is 380 g/mol. The Morgan fingerprint density at radius 2 is 2.04 bits per heavy atom. The van der Waals surface area contributed by atoms with E-state index in [0.717, 1.165) is 30.8 Å². The number of methoxy groups -OCH3 is 1. The van der Waals surface area contributed by atoms with Gasteiger partial charge in [-0.25, -0.2) is 0 Å². The first-order chi connectivity index (χ1) is 13.6. The van der Waals surface area contributed by atoms with E-state index in [4.69, 9.17) is 9.47 Å². The number of rotatable bonds is 7. The molecule has 146 valence electrons. The normalized spacial score (nSPS) is 16.1. The van der Waals surface area contributed by atoms with Gasteiger partial charge in [-0.2, -0.15) is 0 Å². The second-order valence-corrected chi connectivity index (χ2v) is 6.52. The summed E-state index contributed by atoms with van der Waals surface area (Å²) in [6.07, 6.45) is 5.26. The van der Waals surface area contributed by atoms with Crippen LogP contribution in [0, 0.1) is 0 Å². The molecular weight excluding hydrogens is 356 g/mol. The zero-order valence-corrected chi connectivity index (χ0v) is 15.8.